The number of benzene rings is 1. The van der Waals surface area contributed by atoms with Crippen LogP contribution in [0.3, 0.4) is 0 Å². The highest BCUT2D eigenvalue weighted by molar-refractivity contribution is 5.94. The lowest BCUT2D eigenvalue weighted by Crippen LogP contribution is -2.38. The van der Waals surface area contributed by atoms with Gasteiger partial charge in [-0.2, -0.15) is 0 Å². The maximum atomic E-state index is 11.7. The average Bonchev–Trinajstić information content (AvgIpc) is 2.61. The van der Waals surface area contributed by atoms with Crippen molar-refractivity contribution < 1.29 is 9.53 Å². The van der Waals surface area contributed by atoms with Gasteiger partial charge in [0.2, 0.25) is 0 Å². The zero-order valence-electron chi connectivity index (χ0n) is 15.9. The number of amides is 1. The molecule has 1 rings (SSSR count). The maximum absolute atomic E-state index is 11.7. The van der Waals surface area contributed by atoms with E-state index < -0.39 is 0 Å². The number of carbonyl (C=O) groups excluding carboxylic acids is 1. The number of carbonyl (C=O) groups is 1. The Morgan fingerprint density at radius 1 is 1.28 bits per heavy atom. The largest absolute Gasteiger partial charge is 0.381 e. The number of nitrogens with zero attached hydrogens (tertiary/aromatic N) is 1. The number of hydrogen-bond acceptors (Lipinski definition) is 3. The average molecular weight is 348 g/mol. The quantitative estimate of drug-likeness (QED) is 0.344. The first-order valence-electron chi connectivity index (χ1n) is 8.97. The van der Waals surface area contributed by atoms with Crippen LogP contribution in [-0.4, -0.2) is 45.2 Å². The second kappa shape index (κ2) is 12.3. The summed E-state index contributed by atoms with van der Waals surface area (Å²) in [6.07, 6.45) is 0.934. The molecule has 0 aliphatic carbocycles. The van der Waals surface area contributed by atoms with Crippen LogP contribution in [0.4, 0.5) is 0 Å². The summed E-state index contributed by atoms with van der Waals surface area (Å²) < 4.78 is 5.57. The van der Waals surface area contributed by atoms with E-state index in [4.69, 9.17) is 4.74 Å². The van der Waals surface area contributed by atoms with Crippen LogP contribution in [0.1, 0.15) is 43.1 Å². The molecule has 0 saturated carbocycles. The third kappa shape index (κ3) is 9.10. The molecule has 0 aromatic heterocycles. The summed E-state index contributed by atoms with van der Waals surface area (Å²) in [5.74, 6) is 1.26. The van der Waals surface area contributed by atoms with Crippen LogP contribution in [-0.2, 0) is 11.3 Å². The second-order valence-electron chi connectivity index (χ2n) is 6.22. The van der Waals surface area contributed by atoms with Gasteiger partial charge >= 0.3 is 0 Å². The summed E-state index contributed by atoms with van der Waals surface area (Å²) >= 11 is 0. The lowest BCUT2D eigenvalue weighted by Gasteiger charge is -2.12. The molecule has 1 amide bonds. The van der Waals surface area contributed by atoms with Gasteiger partial charge in [-0.1, -0.05) is 26.0 Å². The Kier molecular flexibility index (Phi) is 10.3. The van der Waals surface area contributed by atoms with E-state index in [1.165, 1.54) is 0 Å². The molecule has 0 unspecified atom stereocenters. The number of nitrogens with one attached hydrogen (secondary N) is 3. The Balaban J connectivity index is 2.48. The normalized spacial score (nSPS) is 11.5. The van der Waals surface area contributed by atoms with E-state index >= 15 is 0 Å². The minimum atomic E-state index is -0.0859. The predicted molar refractivity (Wildman–Crippen MR) is 103 cm³/mol. The Morgan fingerprint density at radius 3 is 2.76 bits per heavy atom. The smallest absolute Gasteiger partial charge is 0.251 e. The van der Waals surface area contributed by atoms with Crippen LogP contribution >= 0.6 is 0 Å². The molecule has 0 saturated heterocycles. The molecule has 6 nitrogen and oxygen atoms in total. The highest BCUT2D eigenvalue weighted by atomic mass is 16.5. The summed E-state index contributed by atoms with van der Waals surface area (Å²) in [5.41, 5.74) is 1.65. The van der Waals surface area contributed by atoms with Crippen LogP contribution in [0.15, 0.2) is 29.3 Å². The minimum absolute atomic E-state index is 0.0859. The van der Waals surface area contributed by atoms with Crippen molar-refractivity contribution in [3.05, 3.63) is 35.4 Å². The molecular weight excluding hydrogens is 316 g/mol. The number of hydrogen-bond donors (Lipinski definition) is 3. The number of guanidine groups is 1. The van der Waals surface area contributed by atoms with Gasteiger partial charge in [-0.05, 0) is 37.0 Å². The van der Waals surface area contributed by atoms with Crippen molar-refractivity contribution in [2.24, 2.45) is 10.9 Å². The van der Waals surface area contributed by atoms with E-state index in [2.05, 4.69) is 34.8 Å². The van der Waals surface area contributed by atoms with E-state index in [0.717, 1.165) is 44.2 Å². The molecule has 0 heterocycles. The van der Waals surface area contributed by atoms with Gasteiger partial charge < -0.3 is 20.7 Å². The van der Waals surface area contributed by atoms with Gasteiger partial charge in [0, 0.05) is 38.9 Å². The molecule has 1 aromatic rings. The predicted octanol–water partition coefficient (Wildman–Crippen LogP) is 2.16. The van der Waals surface area contributed by atoms with Crippen LogP contribution in [0.2, 0.25) is 0 Å². The zero-order valence-corrected chi connectivity index (χ0v) is 15.9. The lowest BCUT2D eigenvalue weighted by molar-refractivity contribution is 0.0963. The fourth-order valence-corrected chi connectivity index (χ4v) is 2.17. The number of aliphatic imine (C=N–C) groups is 1. The van der Waals surface area contributed by atoms with Crippen molar-refractivity contribution in [1.82, 2.24) is 16.0 Å². The van der Waals surface area contributed by atoms with E-state index in [1.807, 2.05) is 25.1 Å². The van der Waals surface area contributed by atoms with Crippen molar-refractivity contribution in [2.75, 3.05) is 33.4 Å². The van der Waals surface area contributed by atoms with Crippen LogP contribution < -0.4 is 16.0 Å². The Morgan fingerprint density at radius 2 is 2.08 bits per heavy atom. The molecule has 1 aromatic carbocycles. The highest BCUT2D eigenvalue weighted by Gasteiger charge is 2.04. The Hall–Kier alpha value is -2.08. The lowest BCUT2D eigenvalue weighted by atomic mass is 10.1. The summed E-state index contributed by atoms with van der Waals surface area (Å²) in [6, 6.07) is 7.51. The molecule has 140 valence electrons. The molecule has 0 fully saturated rings. The van der Waals surface area contributed by atoms with Crippen molar-refractivity contribution in [3.63, 3.8) is 0 Å². The maximum Gasteiger partial charge on any atom is 0.251 e. The monoisotopic (exact) mass is 348 g/mol. The molecular formula is C19H32N4O2. The van der Waals surface area contributed by atoms with Crippen molar-refractivity contribution in [1.29, 1.82) is 0 Å². The van der Waals surface area contributed by atoms with Crippen molar-refractivity contribution >= 4 is 11.9 Å². The standard InChI is InChI=1S/C19H32N4O2/c1-5-21-19(22-10-7-11-25-14-15(2)3)23-13-16-8-6-9-17(12-16)18(24)20-4/h6,8-9,12,15H,5,7,10-11,13-14H2,1-4H3,(H,20,24)(H2,21,22,23). The van der Waals surface area contributed by atoms with Gasteiger partial charge in [0.25, 0.3) is 5.91 Å². The molecule has 6 heteroatoms. The SMILES string of the molecule is CCNC(=NCc1cccc(C(=O)NC)c1)NCCCOCC(C)C. The molecule has 25 heavy (non-hydrogen) atoms. The van der Waals surface area contributed by atoms with Gasteiger partial charge in [-0.25, -0.2) is 4.99 Å². The summed E-state index contributed by atoms with van der Waals surface area (Å²) in [7, 11) is 1.63. The van der Waals surface area contributed by atoms with Crippen LogP contribution in [0.5, 0.6) is 0 Å². The topological polar surface area (TPSA) is 74.8 Å². The zero-order chi connectivity index (χ0) is 18.5. The first-order valence-corrected chi connectivity index (χ1v) is 8.97. The van der Waals surface area contributed by atoms with E-state index in [9.17, 15) is 4.79 Å². The van der Waals surface area contributed by atoms with Crippen molar-refractivity contribution in [3.8, 4) is 0 Å². The number of ether oxygens (including phenoxy) is 1. The molecule has 0 aliphatic heterocycles. The summed E-state index contributed by atoms with van der Waals surface area (Å²) in [4.78, 5) is 16.3. The third-order valence-electron chi connectivity index (χ3n) is 3.39. The first kappa shape index (κ1) is 21.0. The van der Waals surface area contributed by atoms with E-state index in [-0.39, 0.29) is 5.91 Å². The molecule has 0 spiro atoms. The van der Waals surface area contributed by atoms with Gasteiger partial charge in [0.1, 0.15) is 0 Å². The van der Waals surface area contributed by atoms with Gasteiger partial charge in [0.05, 0.1) is 6.54 Å². The minimum Gasteiger partial charge on any atom is -0.381 e. The number of rotatable bonds is 10. The third-order valence-corrected chi connectivity index (χ3v) is 3.39. The summed E-state index contributed by atoms with van der Waals surface area (Å²) in [5, 5.41) is 9.17. The Labute approximate surface area is 151 Å². The fourth-order valence-electron chi connectivity index (χ4n) is 2.17. The molecule has 0 bridgehead atoms. The highest BCUT2D eigenvalue weighted by Crippen LogP contribution is 2.06. The molecule has 0 atom stereocenters. The van der Waals surface area contributed by atoms with Gasteiger partial charge in [0.15, 0.2) is 5.96 Å². The second-order valence-corrected chi connectivity index (χ2v) is 6.22. The van der Waals surface area contributed by atoms with Crippen LogP contribution in [0.25, 0.3) is 0 Å². The van der Waals surface area contributed by atoms with Gasteiger partial charge in [-0.15, -0.1) is 0 Å². The van der Waals surface area contributed by atoms with E-state index in [0.29, 0.717) is 18.0 Å². The summed E-state index contributed by atoms with van der Waals surface area (Å²) in [6.45, 7) is 10.0. The molecule has 0 aliphatic rings. The van der Waals surface area contributed by atoms with E-state index in [1.54, 1.807) is 13.1 Å². The molecule has 0 radical (unpaired) electrons. The fraction of sp³-hybridized carbons (Fsp3) is 0.579. The molecule has 3 N–H and O–H groups in total. The van der Waals surface area contributed by atoms with Gasteiger partial charge in [-0.3, -0.25) is 4.79 Å². The van der Waals surface area contributed by atoms with Crippen LogP contribution in [0, 0.1) is 5.92 Å². The first-order chi connectivity index (χ1) is 12.1. The Bertz CT molecular complexity index is 544. The van der Waals surface area contributed by atoms with Crippen molar-refractivity contribution in [2.45, 2.75) is 33.7 Å².